The van der Waals surface area contributed by atoms with Crippen molar-refractivity contribution in [1.82, 2.24) is 5.32 Å². The first kappa shape index (κ1) is 3.44. The summed E-state index contributed by atoms with van der Waals surface area (Å²) < 4.78 is 28.4. The maximum atomic E-state index is 7.24. The highest BCUT2D eigenvalue weighted by Gasteiger charge is 1.80. The minimum absolute atomic E-state index is 0.100. The van der Waals surface area contributed by atoms with Crippen LogP contribution >= 0.6 is 12.6 Å². The zero-order valence-electron chi connectivity index (χ0n) is 8.65. The van der Waals surface area contributed by atoms with Crippen LogP contribution in [0, 0.1) is 0 Å². The normalized spacial score (nSPS) is 20.8. The Morgan fingerprint density at radius 3 is 2.88 bits per heavy atom. The fourth-order valence-electron chi connectivity index (χ4n) is 0.281. The van der Waals surface area contributed by atoms with Gasteiger partial charge in [0.15, 0.2) is 0 Å². The molecule has 0 aliphatic rings. The van der Waals surface area contributed by atoms with E-state index in [0.717, 1.165) is 0 Å². The third kappa shape index (κ3) is 6.27. The molecular formula is C5H14N2S. The molecule has 0 aliphatic carbocycles. The number of hydrogen-bond donors (Lipinski definition) is 3. The predicted octanol–water partition coefficient (Wildman–Crippen LogP) is -0.145. The van der Waals surface area contributed by atoms with Crippen LogP contribution in [0.15, 0.2) is 0 Å². The van der Waals surface area contributed by atoms with Crippen molar-refractivity contribution in [3.63, 3.8) is 0 Å². The van der Waals surface area contributed by atoms with Crippen LogP contribution < -0.4 is 11.1 Å². The lowest BCUT2D eigenvalue weighted by Gasteiger charge is -1.97. The monoisotopic (exact) mass is 138 g/mol. The molecule has 0 aromatic carbocycles. The van der Waals surface area contributed by atoms with Gasteiger partial charge < -0.3 is 11.1 Å². The lowest BCUT2D eigenvalue weighted by Crippen LogP contribution is -2.20. The Morgan fingerprint density at radius 2 is 2.38 bits per heavy atom. The van der Waals surface area contributed by atoms with E-state index in [-0.39, 0.29) is 6.54 Å². The SMILES string of the molecule is [2H]C([2H])(N)C([2H])([2H])CNCCS. The standard InChI is InChI=1S/C5H14N2S/c6-2-1-3-7-4-5-8/h7-8H,1-6H2/i1D2,2D2. The van der Waals surface area contributed by atoms with Gasteiger partial charge >= 0.3 is 0 Å². The second-order valence-electron chi connectivity index (χ2n) is 1.22. The Labute approximate surface area is 61.9 Å². The summed E-state index contributed by atoms with van der Waals surface area (Å²) in [5.41, 5.74) is 4.99. The first-order chi connectivity index (χ1) is 5.31. The van der Waals surface area contributed by atoms with Crippen LogP contribution in [0.3, 0.4) is 0 Å². The summed E-state index contributed by atoms with van der Waals surface area (Å²) in [6.45, 7) is -1.87. The first-order valence-electron chi connectivity index (χ1n) is 4.42. The lowest BCUT2D eigenvalue weighted by atomic mass is 10.4. The minimum Gasteiger partial charge on any atom is -0.330 e. The zero-order chi connectivity index (χ0) is 9.83. The van der Waals surface area contributed by atoms with Gasteiger partial charge in [-0.1, -0.05) is 0 Å². The van der Waals surface area contributed by atoms with E-state index in [1.165, 1.54) is 0 Å². The largest absolute Gasteiger partial charge is 0.330 e. The molecule has 3 N–H and O–H groups in total. The maximum absolute atomic E-state index is 7.24. The Bertz CT molecular complexity index is 136. The van der Waals surface area contributed by atoms with E-state index in [9.17, 15) is 0 Å². The summed E-state index contributed by atoms with van der Waals surface area (Å²) >= 11 is 3.91. The third-order valence-corrected chi connectivity index (χ3v) is 0.828. The Morgan fingerprint density at radius 1 is 1.62 bits per heavy atom. The Balaban J connectivity index is 3.88. The molecule has 0 rings (SSSR count). The molecule has 0 spiro atoms. The van der Waals surface area contributed by atoms with E-state index in [0.29, 0.717) is 12.3 Å². The molecule has 3 heteroatoms. The van der Waals surface area contributed by atoms with Crippen molar-refractivity contribution in [2.24, 2.45) is 5.73 Å². The molecule has 0 aromatic rings. The highest BCUT2D eigenvalue weighted by Crippen LogP contribution is 1.71. The van der Waals surface area contributed by atoms with Gasteiger partial charge in [0.1, 0.15) is 0 Å². The third-order valence-electron chi connectivity index (χ3n) is 0.604. The van der Waals surface area contributed by atoms with Gasteiger partial charge in [-0.05, 0) is 19.4 Å². The second-order valence-corrected chi connectivity index (χ2v) is 1.67. The number of nitrogens with one attached hydrogen (secondary N) is 1. The molecule has 0 atom stereocenters. The Hall–Kier alpha value is 0.270. The molecule has 0 heterocycles. The zero-order valence-corrected chi connectivity index (χ0v) is 5.54. The van der Waals surface area contributed by atoms with Crippen LogP contribution in [0.2, 0.25) is 0 Å². The fraction of sp³-hybridized carbons (Fsp3) is 1.00. The Kier molecular flexibility index (Phi) is 3.13. The van der Waals surface area contributed by atoms with Gasteiger partial charge in [-0.3, -0.25) is 0 Å². The van der Waals surface area contributed by atoms with Gasteiger partial charge in [0.25, 0.3) is 0 Å². The van der Waals surface area contributed by atoms with Gasteiger partial charge in [-0.15, -0.1) is 0 Å². The highest BCUT2D eigenvalue weighted by molar-refractivity contribution is 7.80. The number of hydrogen-bond acceptors (Lipinski definition) is 3. The van der Waals surface area contributed by atoms with Crippen molar-refractivity contribution in [3.05, 3.63) is 0 Å². The van der Waals surface area contributed by atoms with Crippen LogP contribution in [-0.4, -0.2) is 25.3 Å². The molecule has 0 aromatic heterocycles. The highest BCUT2D eigenvalue weighted by atomic mass is 32.1. The summed E-state index contributed by atoms with van der Waals surface area (Å²) in [7, 11) is 0. The van der Waals surface area contributed by atoms with Gasteiger partial charge in [0.05, 0.1) is 0 Å². The van der Waals surface area contributed by atoms with E-state index >= 15 is 0 Å². The van der Waals surface area contributed by atoms with Crippen LogP contribution in [-0.2, 0) is 0 Å². The van der Waals surface area contributed by atoms with Gasteiger partial charge in [0.2, 0.25) is 0 Å². The number of thiol groups is 1. The summed E-state index contributed by atoms with van der Waals surface area (Å²) in [6.07, 6.45) is -2.05. The van der Waals surface area contributed by atoms with E-state index in [1.54, 1.807) is 0 Å². The van der Waals surface area contributed by atoms with Crippen molar-refractivity contribution < 1.29 is 5.48 Å². The van der Waals surface area contributed by atoms with Crippen molar-refractivity contribution in [1.29, 1.82) is 0 Å². The van der Waals surface area contributed by atoms with Crippen molar-refractivity contribution in [2.75, 3.05) is 25.3 Å². The van der Waals surface area contributed by atoms with Gasteiger partial charge in [-0.25, -0.2) is 0 Å². The van der Waals surface area contributed by atoms with Crippen LogP contribution in [0.4, 0.5) is 0 Å². The molecular weight excluding hydrogens is 120 g/mol. The predicted molar refractivity (Wildman–Crippen MR) is 40.4 cm³/mol. The number of nitrogens with two attached hydrogens (primary N) is 1. The molecule has 0 saturated heterocycles. The average Bonchev–Trinajstić information content (AvgIpc) is 1.85. The van der Waals surface area contributed by atoms with Gasteiger partial charge in [0, 0.05) is 17.8 Å². The van der Waals surface area contributed by atoms with Crippen LogP contribution in [0.25, 0.3) is 0 Å². The summed E-state index contributed by atoms with van der Waals surface area (Å²) in [5.74, 6) is 0.587. The van der Waals surface area contributed by atoms with E-state index in [1.807, 2.05) is 0 Å². The molecule has 0 aliphatic heterocycles. The van der Waals surface area contributed by atoms with E-state index in [4.69, 9.17) is 11.2 Å². The molecule has 0 bridgehead atoms. The van der Waals surface area contributed by atoms with Crippen molar-refractivity contribution >= 4 is 12.6 Å². The fourth-order valence-corrected chi connectivity index (χ4v) is 0.439. The maximum Gasteiger partial charge on any atom is 0.0426 e. The molecule has 2 nitrogen and oxygen atoms in total. The quantitative estimate of drug-likeness (QED) is 0.365. The van der Waals surface area contributed by atoms with Crippen LogP contribution in [0.5, 0.6) is 0 Å². The van der Waals surface area contributed by atoms with Gasteiger partial charge in [-0.2, -0.15) is 12.6 Å². The average molecular weight is 138 g/mol. The molecule has 0 fully saturated rings. The molecule has 0 unspecified atom stereocenters. The van der Waals surface area contributed by atoms with E-state index < -0.39 is 12.9 Å². The first-order valence-corrected chi connectivity index (χ1v) is 3.05. The molecule has 0 radical (unpaired) electrons. The summed E-state index contributed by atoms with van der Waals surface area (Å²) in [4.78, 5) is 0. The van der Waals surface area contributed by atoms with E-state index in [2.05, 4.69) is 17.9 Å². The number of rotatable bonds is 5. The summed E-state index contributed by atoms with van der Waals surface area (Å²) in [5, 5.41) is 2.71. The smallest absolute Gasteiger partial charge is 0.0426 e. The molecule has 50 valence electrons. The molecule has 0 amide bonds. The van der Waals surface area contributed by atoms with Crippen LogP contribution in [0.1, 0.15) is 11.9 Å². The minimum atomic E-state index is -2.31. The van der Waals surface area contributed by atoms with Crippen molar-refractivity contribution in [2.45, 2.75) is 6.37 Å². The second kappa shape index (κ2) is 7.27. The molecule has 8 heavy (non-hydrogen) atoms. The topological polar surface area (TPSA) is 38.0 Å². The lowest BCUT2D eigenvalue weighted by molar-refractivity contribution is 0.683. The van der Waals surface area contributed by atoms with Crippen molar-refractivity contribution in [3.8, 4) is 0 Å². The summed E-state index contributed by atoms with van der Waals surface area (Å²) in [6, 6.07) is 0. The molecule has 0 saturated carbocycles.